The molecule has 1 saturated heterocycles. The molecule has 0 saturated carbocycles. The number of sulfonamides is 1. The molecule has 10 heteroatoms. The van der Waals surface area contributed by atoms with Crippen LogP contribution in [0, 0.1) is 0 Å². The van der Waals surface area contributed by atoms with E-state index in [2.05, 4.69) is 0 Å². The highest BCUT2D eigenvalue weighted by Crippen LogP contribution is 2.30. The van der Waals surface area contributed by atoms with E-state index in [9.17, 15) is 18.0 Å². The van der Waals surface area contributed by atoms with E-state index in [0.717, 1.165) is 6.07 Å². The smallest absolute Gasteiger partial charge is 0.267 e. The molecule has 1 aliphatic rings. The Bertz CT molecular complexity index is 1160. The van der Waals surface area contributed by atoms with Crippen LogP contribution in [0.1, 0.15) is 18.4 Å². The lowest BCUT2D eigenvalue weighted by molar-refractivity contribution is -0.126. The number of methoxy groups -OCH3 is 1. The molecule has 0 atom stereocenters. The predicted octanol–water partition coefficient (Wildman–Crippen LogP) is 3.55. The van der Waals surface area contributed by atoms with Crippen molar-refractivity contribution >= 4 is 56.7 Å². The molecule has 2 aromatic rings. The lowest BCUT2D eigenvalue weighted by atomic mass is 10.0. The Morgan fingerprint density at radius 1 is 1.10 bits per heavy atom. The Labute approximate surface area is 184 Å². The fraction of sp³-hybridized carbons (Fsp3) is 0.200. The van der Waals surface area contributed by atoms with Crippen LogP contribution in [0.3, 0.4) is 0 Å². The highest BCUT2D eigenvalue weighted by molar-refractivity contribution is 7.89. The summed E-state index contributed by atoms with van der Waals surface area (Å²) in [5.74, 6) is -0.720. The normalized spacial score (nSPS) is 16.6. The molecule has 0 spiro atoms. The molecule has 1 amide bonds. The van der Waals surface area contributed by atoms with Crippen molar-refractivity contribution in [2.45, 2.75) is 17.7 Å². The van der Waals surface area contributed by atoms with Crippen LogP contribution in [0.2, 0.25) is 10.0 Å². The number of nitrogens with two attached hydrogens (primary N) is 1. The van der Waals surface area contributed by atoms with Crippen molar-refractivity contribution in [2.24, 2.45) is 0 Å². The minimum absolute atomic E-state index is 0.0230. The monoisotopic (exact) mass is 468 g/mol. The Kier molecular flexibility index (Phi) is 6.40. The molecule has 0 radical (unpaired) electrons. The first kappa shape index (κ1) is 22.1. The van der Waals surface area contributed by atoms with Gasteiger partial charge in [-0.05, 0) is 48.9 Å². The topological polar surface area (TPSA) is 107 Å². The first-order valence-corrected chi connectivity index (χ1v) is 11.0. The van der Waals surface area contributed by atoms with E-state index in [1.807, 2.05) is 0 Å². The van der Waals surface area contributed by atoms with Crippen molar-refractivity contribution in [3.8, 4) is 5.75 Å². The number of ether oxygens (including phenoxy) is 1. The molecule has 0 aliphatic carbocycles. The van der Waals surface area contributed by atoms with Crippen molar-refractivity contribution in [2.75, 3.05) is 19.4 Å². The number of rotatable bonds is 4. The third-order valence-electron chi connectivity index (χ3n) is 4.57. The summed E-state index contributed by atoms with van der Waals surface area (Å²) < 4.78 is 32.1. The zero-order chi connectivity index (χ0) is 22.1. The molecule has 0 bridgehead atoms. The van der Waals surface area contributed by atoms with E-state index in [1.165, 1.54) is 25.3 Å². The third kappa shape index (κ3) is 4.45. The van der Waals surface area contributed by atoms with E-state index < -0.39 is 22.5 Å². The van der Waals surface area contributed by atoms with Gasteiger partial charge in [-0.2, -0.15) is 0 Å². The average molecular weight is 469 g/mol. The molecule has 7 nitrogen and oxygen atoms in total. The maximum atomic E-state index is 13.1. The van der Waals surface area contributed by atoms with Gasteiger partial charge in [0.05, 0.1) is 29.3 Å². The molecule has 2 aromatic carbocycles. The number of benzene rings is 2. The number of nitrogen functional groups attached to an aromatic ring is 1. The van der Waals surface area contributed by atoms with Gasteiger partial charge in [0.2, 0.25) is 0 Å². The number of anilines is 1. The van der Waals surface area contributed by atoms with Gasteiger partial charge in [0.25, 0.3) is 15.9 Å². The average Bonchev–Trinajstić information content (AvgIpc) is 2.84. The number of hydrogen-bond acceptors (Lipinski definition) is 6. The van der Waals surface area contributed by atoms with E-state index in [1.54, 1.807) is 18.2 Å². The minimum Gasteiger partial charge on any atom is -0.496 e. The fourth-order valence-electron chi connectivity index (χ4n) is 3.00. The summed E-state index contributed by atoms with van der Waals surface area (Å²) in [7, 11) is -2.87. The van der Waals surface area contributed by atoms with Crippen molar-refractivity contribution < 1.29 is 22.7 Å². The van der Waals surface area contributed by atoms with Gasteiger partial charge in [-0.1, -0.05) is 23.2 Å². The SMILES string of the molecule is COc1ccc(Cl)cc1/C=C1\CCC(=O)CN(S(=O)(=O)c2ccc(Cl)c(N)c2)C1=O. The van der Waals surface area contributed by atoms with E-state index in [-0.39, 0.29) is 39.8 Å². The Balaban J connectivity index is 2.08. The van der Waals surface area contributed by atoms with Gasteiger partial charge in [-0.15, -0.1) is 0 Å². The van der Waals surface area contributed by atoms with Gasteiger partial charge in [-0.25, -0.2) is 12.7 Å². The standard InChI is InChI=1S/C20H18Cl2N2O5S/c1-29-19-7-3-14(21)9-13(19)8-12-2-4-15(25)11-24(20(12)26)30(27,28)16-5-6-17(22)18(23)10-16/h3,5-10H,2,4,11,23H2,1H3/b12-8+. The van der Waals surface area contributed by atoms with Crippen molar-refractivity contribution in [3.05, 3.63) is 57.6 Å². The highest BCUT2D eigenvalue weighted by Gasteiger charge is 2.35. The number of halogens is 2. The molecule has 1 aliphatic heterocycles. The van der Waals surface area contributed by atoms with Crippen molar-refractivity contribution in [3.63, 3.8) is 0 Å². The Morgan fingerprint density at radius 3 is 2.50 bits per heavy atom. The molecule has 2 N–H and O–H groups in total. The highest BCUT2D eigenvalue weighted by atomic mass is 35.5. The second-order valence-corrected chi connectivity index (χ2v) is 9.30. The molecular weight excluding hydrogens is 451 g/mol. The summed E-state index contributed by atoms with van der Waals surface area (Å²) in [5.41, 5.74) is 6.40. The first-order chi connectivity index (χ1) is 14.1. The molecular formula is C20H18Cl2N2O5S. The van der Waals surface area contributed by atoms with Gasteiger partial charge in [-0.3, -0.25) is 9.59 Å². The van der Waals surface area contributed by atoms with Crippen LogP contribution in [0.5, 0.6) is 5.75 Å². The number of hydrogen-bond donors (Lipinski definition) is 1. The second kappa shape index (κ2) is 8.67. The summed E-state index contributed by atoms with van der Waals surface area (Å²) in [4.78, 5) is 25.2. The molecule has 3 rings (SSSR count). The van der Waals surface area contributed by atoms with E-state index >= 15 is 0 Å². The number of amides is 1. The van der Waals surface area contributed by atoms with Gasteiger partial charge in [0.15, 0.2) is 5.78 Å². The maximum absolute atomic E-state index is 13.1. The quantitative estimate of drug-likeness (QED) is 0.542. The molecule has 158 valence electrons. The van der Waals surface area contributed by atoms with Gasteiger partial charge < -0.3 is 10.5 Å². The zero-order valence-corrected chi connectivity index (χ0v) is 18.2. The molecule has 1 heterocycles. The number of nitrogens with zero attached hydrogens (tertiary/aromatic N) is 1. The lowest BCUT2D eigenvalue weighted by Crippen LogP contribution is -2.39. The van der Waals surface area contributed by atoms with Crippen molar-refractivity contribution in [1.29, 1.82) is 0 Å². The van der Waals surface area contributed by atoms with E-state index in [4.69, 9.17) is 33.7 Å². The van der Waals surface area contributed by atoms with Gasteiger partial charge >= 0.3 is 0 Å². The summed E-state index contributed by atoms with van der Waals surface area (Å²) in [5, 5.41) is 0.599. The van der Waals surface area contributed by atoms with Gasteiger partial charge in [0.1, 0.15) is 5.75 Å². The fourth-order valence-corrected chi connectivity index (χ4v) is 4.71. The lowest BCUT2D eigenvalue weighted by Gasteiger charge is -2.21. The first-order valence-electron chi connectivity index (χ1n) is 8.81. The number of Topliss-reactive ketones (excluding diaryl/α,β-unsaturated/α-hetero) is 1. The Morgan fingerprint density at radius 2 is 1.83 bits per heavy atom. The summed E-state index contributed by atoms with van der Waals surface area (Å²) in [6, 6.07) is 8.56. The molecule has 30 heavy (non-hydrogen) atoms. The summed E-state index contributed by atoms with van der Waals surface area (Å²) >= 11 is 11.9. The van der Waals surface area contributed by atoms with Crippen molar-refractivity contribution in [1.82, 2.24) is 4.31 Å². The largest absolute Gasteiger partial charge is 0.496 e. The summed E-state index contributed by atoms with van der Waals surface area (Å²) in [6.07, 6.45) is 1.60. The minimum atomic E-state index is -4.33. The number of carbonyl (C=O) groups excluding carboxylic acids is 2. The van der Waals surface area contributed by atoms with Crippen LogP contribution in [0.25, 0.3) is 6.08 Å². The number of ketones is 1. The van der Waals surface area contributed by atoms with Crippen LogP contribution >= 0.6 is 23.2 Å². The predicted molar refractivity (Wildman–Crippen MR) is 115 cm³/mol. The second-order valence-electron chi connectivity index (χ2n) is 6.59. The van der Waals surface area contributed by atoms with Crippen LogP contribution in [0.4, 0.5) is 5.69 Å². The zero-order valence-electron chi connectivity index (χ0n) is 15.9. The molecule has 1 fully saturated rings. The molecule has 0 unspecified atom stereocenters. The van der Waals surface area contributed by atoms with Crippen LogP contribution < -0.4 is 10.5 Å². The number of carbonyl (C=O) groups is 2. The maximum Gasteiger partial charge on any atom is 0.267 e. The van der Waals surface area contributed by atoms with Crippen LogP contribution in [-0.4, -0.2) is 38.1 Å². The van der Waals surface area contributed by atoms with E-state index in [0.29, 0.717) is 20.6 Å². The summed E-state index contributed by atoms with van der Waals surface area (Å²) in [6.45, 7) is -0.562. The molecule has 0 aromatic heterocycles. The Hall–Kier alpha value is -2.55. The van der Waals surface area contributed by atoms with Crippen LogP contribution in [0.15, 0.2) is 46.9 Å². The van der Waals surface area contributed by atoms with Crippen LogP contribution in [-0.2, 0) is 19.6 Å². The van der Waals surface area contributed by atoms with Gasteiger partial charge in [0, 0.05) is 22.6 Å². The third-order valence-corrected chi connectivity index (χ3v) is 6.88.